The van der Waals surface area contributed by atoms with E-state index in [2.05, 4.69) is 39.2 Å². The highest BCUT2D eigenvalue weighted by molar-refractivity contribution is 5.59. The number of rotatable bonds is 6. The van der Waals surface area contributed by atoms with Gasteiger partial charge >= 0.3 is 0 Å². The average Bonchev–Trinajstić information content (AvgIpc) is 2.77. The van der Waals surface area contributed by atoms with Gasteiger partial charge in [-0.05, 0) is 55.9 Å². The summed E-state index contributed by atoms with van der Waals surface area (Å²) in [5.41, 5.74) is 2.29. The molecule has 1 saturated heterocycles. The van der Waals surface area contributed by atoms with Crippen LogP contribution in [0.5, 0.6) is 5.88 Å². The molecule has 0 bridgehead atoms. The molecule has 6 nitrogen and oxygen atoms in total. The lowest BCUT2D eigenvalue weighted by atomic mass is 9.83. The molecular formula is C23H31FN4O2. The normalized spacial score (nSPS) is 22.0. The number of ether oxygens (including phenoxy) is 2. The molecule has 1 aromatic carbocycles. The minimum Gasteiger partial charge on any atom is -0.475 e. The van der Waals surface area contributed by atoms with E-state index in [1.807, 2.05) is 12.1 Å². The maximum Gasteiger partial charge on any atom is 0.255 e. The number of nitrogens with zero attached hydrogens (tertiary/aromatic N) is 3. The molecule has 0 atom stereocenters. The molecule has 0 radical (unpaired) electrons. The Bertz CT molecular complexity index is 832. The van der Waals surface area contributed by atoms with Gasteiger partial charge < -0.3 is 19.7 Å². The van der Waals surface area contributed by atoms with E-state index in [1.54, 1.807) is 6.92 Å². The van der Waals surface area contributed by atoms with Crippen LogP contribution in [0.15, 0.2) is 24.3 Å². The predicted octanol–water partition coefficient (Wildman–Crippen LogP) is 4.71. The lowest BCUT2D eigenvalue weighted by Crippen LogP contribution is -2.36. The third-order valence-corrected chi connectivity index (χ3v) is 6.08. The molecule has 30 heavy (non-hydrogen) atoms. The van der Waals surface area contributed by atoms with Gasteiger partial charge in [-0.15, -0.1) is 0 Å². The topological polar surface area (TPSA) is 59.5 Å². The van der Waals surface area contributed by atoms with E-state index < -0.39 is 5.82 Å². The van der Waals surface area contributed by atoms with Gasteiger partial charge in [0, 0.05) is 24.5 Å². The summed E-state index contributed by atoms with van der Waals surface area (Å²) in [6.45, 7) is 7.74. The maximum atomic E-state index is 14.5. The van der Waals surface area contributed by atoms with E-state index in [0.717, 1.165) is 56.4 Å². The van der Waals surface area contributed by atoms with Gasteiger partial charge in [-0.1, -0.05) is 19.8 Å². The van der Waals surface area contributed by atoms with Crippen LogP contribution in [0.1, 0.15) is 38.3 Å². The Morgan fingerprint density at radius 3 is 2.50 bits per heavy atom. The van der Waals surface area contributed by atoms with Gasteiger partial charge in [-0.3, -0.25) is 0 Å². The summed E-state index contributed by atoms with van der Waals surface area (Å²) in [5, 5.41) is 3.17. The van der Waals surface area contributed by atoms with Gasteiger partial charge in [0.25, 0.3) is 5.88 Å². The van der Waals surface area contributed by atoms with Gasteiger partial charge in [0.1, 0.15) is 0 Å². The first kappa shape index (κ1) is 20.8. The van der Waals surface area contributed by atoms with Crippen molar-refractivity contribution in [3.8, 4) is 5.88 Å². The van der Waals surface area contributed by atoms with E-state index in [9.17, 15) is 4.39 Å². The summed E-state index contributed by atoms with van der Waals surface area (Å²) < 4.78 is 25.7. The molecule has 1 aromatic heterocycles. The number of aryl methyl sites for hydroxylation is 1. The smallest absolute Gasteiger partial charge is 0.255 e. The Balaban J connectivity index is 1.40. The van der Waals surface area contributed by atoms with Crippen LogP contribution in [-0.4, -0.2) is 42.9 Å². The van der Waals surface area contributed by atoms with Crippen LogP contribution >= 0.6 is 0 Å². The summed E-state index contributed by atoms with van der Waals surface area (Å²) in [6.07, 6.45) is 4.69. The number of hydrogen-bond acceptors (Lipinski definition) is 6. The predicted molar refractivity (Wildman–Crippen MR) is 116 cm³/mol. The summed E-state index contributed by atoms with van der Waals surface area (Å²) in [6, 6.07) is 8.09. The molecule has 162 valence electrons. The molecule has 0 spiro atoms. The first-order valence-corrected chi connectivity index (χ1v) is 10.9. The van der Waals surface area contributed by atoms with Crippen molar-refractivity contribution in [1.29, 1.82) is 0 Å². The second-order valence-electron chi connectivity index (χ2n) is 8.46. The number of morpholine rings is 1. The van der Waals surface area contributed by atoms with Gasteiger partial charge in [0.15, 0.2) is 0 Å². The number of hydrogen-bond donors (Lipinski definition) is 1. The van der Waals surface area contributed by atoms with Crippen LogP contribution in [0.25, 0.3) is 0 Å². The molecule has 2 fully saturated rings. The Hall–Kier alpha value is -2.41. The fourth-order valence-electron chi connectivity index (χ4n) is 4.08. The highest BCUT2D eigenvalue weighted by Gasteiger charge is 2.21. The Morgan fingerprint density at radius 2 is 1.80 bits per heavy atom. The first-order chi connectivity index (χ1) is 14.6. The van der Waals surface area contributed by atoms with Gasteiger partial charge in [-0.25, -0.2) is 4.98 Å². The molecule has 1 N–H and O–H groups in total. The number of nitrogens with one attached hydrogen (secondary N) is 1. The minimum atomic E-state index is -0.479. The maximum absolute atomic E-state index is 14.5. The van der Waals surface area contributed by atoms with Crippen molar-refractivity contribution in [1.82, 2.24) is 9.97 Å². The third kappa shape index (κ3) is 5.19. The van der Waals surface area contributed by atoms with Crippen LogP contribution in [0.3, 0.4) is 0 Å². The highest BCUT2D eigenvalue weighted by Crippen LogP contribution is 2.29. The molecule has 4 rings (SSSR count). The number of aromatic nitrogens is 2. The van der Waals surface area contributed by atoms with Crippen LogP contribution in [0.4, 0.5) is 21.7 Å². The fourth-order valence-corrected chi connectivity index (χ4v) is 4.08. The van der Waals surface area contributed by atoms with Crippen molar-refractivity contribution in [3.05, 3.63) is 35.8 Å². The fraction of sp³-hybridized carbons (Fsp3) is 0.565. The monoisotopic (exact) mass is 414 g/mol. The molecule has 2 aromatic rings. The summed E-state index contributed by atoms with van der Waals surface area (Å²) in [4.78, 5) is 10.8. The molecular weight excluding hydrogens is 383 g/mol. The van der Waals surface area contributed by atoms with Gasteiger partial charge in [0.2, 0.25) is 11.8 Å². The molecule has 2 heterocycles. The van der Waals surface area contributed by atoms with E-state index >= 15 is 0 Å². The molecule has 1 saturated carbocycles. The standard InChI is InChI=1S/C23H31FN4O2/c1-16-3-5-18(6-4-16)15-30-22-21(24)17(2)25-23(27-22)26-19-7-9-20(10-8-19)28-11-13-29-14-12-28/h7-10,16,18H,3-6,11-15H2,1-2H3,(H,25,26,27). The number of benzene rings is 1. The lowest BCUT2D eigenvalue weighted by Gasteiger charge is -2.28. The molecule has 1 aliphatic carbocycles. The van der Waals surface area contributed by atoms with Crippen molar-refractivity contribution in [3.63, 3.8) is 0 Å². The molecule has 7 heteroatoms. The van der Waals surface area contributed by atoms with Gasteiger partial charge in [0.05, 0.1) is 25.5 Å². The molecule has 0 amide bonds. The van der Waals surface area contributed by atoms with Crippen molar-refractivity contribution in [2.75, 3.05) is 43.1 Å². The van der Waals surface area contributed by atoms with E-state index in [4.69, 9.17) is 9.47 Å². The number of anilines is 3. The second-order valence-corrected chi connectivity index (χ2v) is 8.46. The van der Waals surface area contributed by atoms with Crippen molar-refractivity contribution in [2.24, 2.45) is 11.8 Å². The van der Waals surface area contributed by atoms with Crippen LogP contribution in [0.2, 0.25) is 0 Å². The quantitative estimate of drug-likeness (QED) is 0.739. The Morgan fingerprint density at radius 1 is 1.10 bits per heavy atom. The van der Waals surface area contributed by atoms with E-state index in [-0.39, 0.29) is 11.6 Å². The Labute approximate surface area is 177 Å². The van der Waals surface area contributed by atoms with Crippen LogP contribution < -0.4 is 15.0 Å². The van der Waals surface area contributed by atoms with Gasteiger partial charge in [-0.2, -0.15) is 9.37 Å². The minimum absolute atomic E-state index is 0.0357. The SMILES string of the molecule is Cc1nc(Nc2ccc(N3CCOCC3)cc2)nc(OCC2CCC(C)CC2)c1F. The zero-order valence-corrected chi connectivity index (χ0v) is 17.9. The summed E-state index contributed by atoms with van der Waals surface area (Å²) >= 11 is 0. The molecule has 2 aliphatic rings. The third-order valence-electron chi connectivity index (χ3n) is 6.08. The largest absolute Gasteiger partial charge is 0.475 e. The van der Waals surface area contributed by atoms with Crippen LogP contribution in [0, 0.1) is 24.6 Å². The zero-order chi connectivity index (χ0) is 20.9. The number of halogens is 1. The Kier molecular flexibility index (Phi) is 6.67. The van der Waals surface area contributed by atoms with E-state index in [0.29, 0.717) is 18.5 Å². The zero-order valence-electron chi connectivity index (χ0n) is 17.9. The average molecular weight is 415 g/mol. The first-order valence-electron chi connectivity index (χ1n) is 10.9. The lowest BCUT2D eigenvalue weighted by molar-refractivity contribution is 0.122. The highest BCUT2D eigenvalue weighted by atomic mass is 19.1. The van der Waals surface area contributed by atoms with E-state index in [1.165, 1.54) is 12.8 Å². The van der Waals surface area contributed by atoms with Crippen molar-refractivity contribution < 1.29 is 13.9 Å². The van der Waals surface area contributed by atoms with Crippen LogP contribution in [-0.2, 0) is 4.74 Å². The molecule has 0 unspecified atom stereocenters. The second kappa shape index (κ2) is 9.60. The van der Waals surface area contributed by atoms with Crippen molar-refractivity contribution >= 4 is 17.3 Å². The summed E-state index contributed by atoms with van der Waals surface area (Å²) in [7, 11) is 0. The van der Waals surface area contributed by atoms with Crippen molar-refractivity contribution in [2.45, 2.75) is 39.5 Å². The summed E-state index contributed by atoms with van der Waals surface area (Å²) in [5.74, 6) is 1.16. The molecule has 1 aliphatic heterocycles.